The Morgan fingerprint density at radius 1 is 1.24 bits per heavy atom. The summed E-state index contributed by atoms with van der Waals surface area (Å²) < 4.78 is 68.5. The van der Waals surface area contributed by atoms with Crippen LogP contribution in [0.3, 0.4) is 0 Å². The third-order valence-electron chi connectivity index (χ3n) is 6.56. The van der Waals surface area contributed by atoms with Gasteiger partial charge in [-0.25, -0.2) is 13.4 Å². The van der Waals surface area contributed by atoms with Crippen LogP contribution in [0.4, 0.5) is 18.9 Å². The molecule has 2 aromatic rings. The van der Waals surface area contributed by atoms with Crippen LogP contribution in [0, 0.1) is 11.8 Å². The number of halogens is 4. The number of ether oxygens (including phenoxy) is 1. The smallest absolute Gasteiger partial charge is 0.405 e. The first kappa shape index (κ1) is 30.1. The number of hydrogen-bond acceptors (Lipinski definition) is 6. The van der Waals surface area contributed by atoms with Gasteiger partial charge in [0.25, 0.3) is 5.91 Å². The molecule has 1 aliphatic rings. The van der Waals surface area contributed by atoms with Crippen molar-refractivity contribution in [1.29, 1.82) is 0 Å². The predicted molar refractivity (Wildman–Crippen MR) is 141 cm³/mol. The van der Waals surface area contributed by atoms with Crippen molar-refractivity contribution in [3.8, 4) is 11.4 Å². The van der Waals surface area contributed by atoms with Crippen LogP contribution in [0.5, 0.6) is 5.75 Å². The lowest BCUT2D eigenvalue weighted by Gasteiger charge is -2.27. The van der Waals surface area contributed by atoms with Gasteiger partial charge >= 0.3 is 6.18 Å². The van der Waals surface area contributed by atoms with Crippen molar-refractivity contribution in [2.45, 2.75) is 57.4 Å². The molecule has 0 saturated heterocycles. The Bertz CT molecular complexity index is 1240. The Kier molecular flexibility index (Phi) is 9.62. The molecule has 1 fully saturated rings. The molecule has 13 heteroatoms. The lowest BCUT2D eigenvalue weighted by Crippen LogP contribution is -2.34. The number of sulfone groups is 1. The van der Waals surface area contributed by atoms with Gasteiger partial charge in [0.1, 0.15) is 33.1 Å². The third kappa shape index (κ3) is 7.78. The van der Waals surface area contributed by atoms with Crippen molar-refractivity contribution < 1.29 is 31.1 Å². The predicted octanol–water partition coefficient (Wildman–Crippen LogP) is 5.04. The Balaban J connectivity index is 1.82. The van der Waals surface area contributed by atoms with Crippen molar-refractivity contribution in [3.63, 3.8) is 0 Å². The van der Waals surface area contributed by atoms with Crippen molar-refractivity contribution in [1.82, 2.24) is 14.9 Å². The van der Waals surface area contributed by atoms with Gasteiger partial charge in [-0.1, -0.05) is 25.4 Å². The van der Waals surface area contributed by atoms with Gasteiger partial charge in [-0.3, -0.25) is 9.36 Å². The van der Waals surface area contributed by atoms with Crippen LogP contribution in [0.2, 0.25) is 5.15 Å². The molecule has 1 amide bonds. The minimum atomic E-state index is -4.38. The number of nitrogens with one attached hydrogen (secondary N) is 2. The second-order valence-electron chi connectivity index (χ2n) is 10.1. The van der Waals surface area contributed by atoms with E-state index < -0.39 is 28.5 Å². The number of methoxy groups -OCH3 is 1. The van der Waals surface area contributed by atoms with E-state index in [9.17, 15) is 26.4 Å². The molecule has 1 aromatic heterocycles. The molecule has 0 spiro atoms. The summed E-state index contributed by atoms with van der Waals surface area (Å²) in [7, 11) is -1.67. The average Bonchev–Trinajstić information content (AvgIpc) is 3.15. The number of carbonyl (C=O) groups is 1. The highest BCUT2D eigenvalue weighted by atomic mass is 35.5. The zero-order valence-electron chi connectivity index (χ0n) is 21.9. The molecule has 38 heavy (non-hydrogen) atoms. The van der Waals surface area contributed by atoms with E-state index in [0.29, 0.717) is 50.2 Å². The second-order valence-corrected chi connectivity index (χ2v) is 12.8. The molecule has 0 atom stereocenters. The molecule has 0 aliphatic heterocycles. The van der Waals surface area contributed by atoms with Gasteiger partial charge in [-0.2, -0.15) is 13.2 Å². The van der Waals surface area contributed by atoms with Gasteiger partial charge in [0, 0.05) is 31.0 Å². The zero-order valence-corrected chi connectivity index (χ0v) is 23.4. The summed E-state index contributed by atoms with van der Waals surface area (Å²) in [6.45, 7) is 3.16. The van der Waals surface area contributed by atoms with E-state index in [1.54, 1.807) is 10.6 Å². The van der Waals surface area contributed by atoms with E-state index in [2.05, 4.69) is 15.6 Å². The van der Waals surface area contributed by atoms with Crippen LogP contribution in [0.15, 0.2) is 18.2 Å². The van der Waals surface area contributed by atoms with Gasteiger partial charge in [0.05, 0.1) is 18.0 Å². The molecule has 0 unspecified atom stereocenters. The maximum atomic E-state index is 13.1. The Labute approximate surface area is 226 Å². The van der Waals surface area contributed by atoms with E-state index in [1.807, 2.05) is 13.8 Å². The molecular weight excluding hydrogens is 545 g/mol. The summed E-state index contributed by atoms with van der Waals surface area (Å²) in [6, 6.07) is 4.48. The number of alkyl halides is 3. The number of hydrogen-bond donors (Lipinski definition) is 2. The molecule has 8 nitrogen and oxygen atoms in total. The van der Waals surface area contributed by atoms with Gasteiger partial charge in [-0.05, 0) is 49.7 Å². The molecule has 1 heterocycles. The number of aromatic nitrogens is 2. The van der Waals surface area contributed by atoms with Crippen molar-refractivity contribution in [2.75, 3.05) is 31.8 Å². The Morgan fingerprint density at radius 2 is 1.89 bits per heavy atom. The van der Waals surface area contributed by atoms with Crippen LogP contribution in [-0.4, -0.2) is 61.8 Å². The summed E-state index contributed by atoms with van der Waals surface area (Å²) in [4.78, 5) is 17.6. The maximum Gasteiger partial charge on any atom is 0.405 e. The van der Waals surface area contributed by atoms with Crippen molar-refractivity contribution in [3.05, 3.63) is 34.9 Å². The summed E-state index contributed by atoms with van der Waals surface area (Å²) in [5.41, 5.74) is 0.693. The molecule has 0 radical (unpaired) electrons. The highest BCUT2D eigenvalue weighted by molar-refractivity contribution is 7.91. The monoisotopic (exact) mass is 578 g/mol. The number of benzene rings is 1. The fraction of sp³-hybridized carbons (Fsp3) is 0.600. The minimum absolute atomic E-state index is 0.0356. The summed E-state index contributed by atoms with van der Waals surface area (Å²) in [5.74, 6) is 0.650. The second kappa shape index (κ2) is 12.1. The van der Waals surface area contributed by atoms with Crippen LogP contribution < -0.4 is 15.4 Å². The summed E-state index contributed by atoms with van der Waals surface area (Å²) in [5, 5.41) is 4.93. The fourth-order valence-corrected chi connectivity index (χ4v) is 6.04. The van der Waals surface area contributed by atoms with Crippen molar-refractivity contribution >= 4 is 33.0 Å². The van der Waals surface area contributed by atoms with E-state index in [4.69, 9.17) is 16.3 Å². The average molecular weight is 579 g/mol. The lowest BCUT2D eigenvalue weighted by molar-refractivity contribution is -0.115. The number of amides is 1. The minimum Gasteiger partial charge on any atom is -0.494 e. The zero-order chi connectivity index (χ0) is 28.3. The van der Waals surface area contributed by atoms with E-state index in [-0.39, 0.29) is 39.4 Å². The molecule has 3 rings (SSSR count). The SMILES string of the molecule is COc1cc(NCC(F)(F)F)ccc1-n1c(CC(C)C)nc(C(=O)NCC2CCC(S(C)(=O)=O)CC2)c1Cl. The van der Waals surface area contributed by atoms with Crippen LogP contribution in [0.1, 0.15) is 55.8 Å². The topological polar surface area (TPSA) is 102 Å². The maximum absolute atomic E-state index is 13.1. The molecule has 212 valence electrons. The number of anilines is 1. The number of imidazole rings is 1. The molecule has 2 N–H and O–H groups in total. The van der Waals surface area contributed by atoms with E-state index in [1.165, 1.54) is 25.5 Å². The van der Waals surface area contributed by atoms with Gasteiger partial charge in [0.15, 0.2) is 5.69 Å². The normalized spacial score (nSPS) is 18.4. The number of rotatable bonds is 10. The van der Waals surface area contributed by atoms with Crippen LogP contribution in [0.25, 0.3) is 5.69 Å². The first-order valence-electron chi connectivity index (χ1n) is 12.4. The van der Waals surface area contributed by atoms with E-state index >= 15 is 0 Å². The first-order chi connectivity index (χ1) is 17.7. The van der Waals surface area contributed by atoms with Gasteiger partial charge < -0.3 is 15.4 Å². The molecule has 1 aromatic carbocycles. The van der Waals surface area contributed by atoms with Crippen LogP contribution >= 0.6 is 11.6 Å². The lowest BCUT2D eigenvalue weighted by atomic mass is 9.89. The molecule has 1 aliphatic carbocycles. The van der Waals surface area contributed by atoms with Gasteiger partial charge in [-0.15, -0.1) is 0 Å². The first-order valence-corrected chi connectivity index (χ1v) is 14.8. The largest absolute Gasteiger partial charge is 0.494 e. The Hall–Kier alpha value is -2.47. The highest BCUT2D eigenvalue weighted by Gasteiger charge is 2.30. The summed E-state index contributed by atoms with van der Waals surface area (Å²) >= 11 is 6.68. The highest BCUT2D eigenvalue weighted by Crippen LogP contribution is 2.33. The Morgan fingerprint density at radius 3 is 2.45 bits per heavy atom. The molecule has 1 saturated carbocycles. The number of carbonyl (C=O) groups excluding carboxylic acids is 1. The third-order valence-corrected chi connectivity index (χ3v) is 8.59. The van der Waals surface area contributed by atoms with Crippen LogP contribution in [-0.2, 0) is 16.3 Å². The number of nitrogens with zero attached hydrogens (tertiary/aromatic N) is 2. The van der Waals surface area contributed by atoms with E-state index in [0.717, 1.165) is 0 Å². The standard InChI is InChI=1S/C25H34ClF3N4O4S/c1-15(2)11-21-32-22(24(34)30-13-16-5-8-18(9-6-16)38(4,35)36)23(26)33(21)19-10-7-17(12-20(19)37-3)31-14-25(27,28)29/h7,10,12,15-16,18,31H,5-6,8-9,11,13-14H2,1-4H3,(H,30,34). The van der Waals surface area contributed by atoms with Crippen molar-refractivity contribution in [2.24, 2.45) is 11.8 Å². The quantitative estimate of drug-likeness (QED) is 0.409. The summed E-state index contributed by atoms with van der Waals surface area (Å²) in [6.07, 6.45) is -0.0926. The molecule has 0 bridgehead atoms. The fourth-order valence-electron chi connectivity index (χ4n) is 4.60. The molecular formula is C25H34ClF3N4O4S. The van der Waals surface area contributed by atoms with Gasteiger partial charge in [0.2, 0.25) is 0 Å².